The summed E-state index contributed by atoms with van der Waals surface area (Å²) in [7, 11) is 0. The zero-order valence-corrected chi connectivity index (χ0v) is 6.96. The van der Waals surface area contributed by atoms with Crippen LogP contribution in [0.2, 0.25) is 0 Å². The first-order chi connectivity index (χ1) is 5.20. The molecule has 0 bridgehead atoms. The minimum absolute atomic E-state index is 0.587. The second-order valence-corrected chi connectivity index (χ2v) is 2.41. The van der Waals surface area contributed by atoms with Crippen LogP contribution in [0, 0.1) is 0 Å². The molecule has 0 unspecified atom stereocenters. The average Bonchev–Trinajstić information content (AvgIpc) is 2.30. The molecule has 4 nitrogen and oxygen atoms in total. The van der Waals surface area contributed by atoms with E-state index in [2.05, 4.69) is 5.10 Å². The van der Waals surface area contributed by atoms with Gasteiger partial charge in [0.15, 0.2) is 0 Å². The lowest BCUT2D eigenvalue weighted by atomic mass is 10.3. The van der Waals surface area contributed by atoms with Gasteiger partial charge in [0.2, 0.25) is 0 Å². The first-order valence-electron chi connectivity index (χ1n) is 3.81. The molecule has 62 valence electrons. The van der Waals surface area contributed by atoms with Crippen molar-refractivity contribution < 1.29 is 0 Å². The Morgan fingerprint density at radius 3 is 2.27 bits per heavy atom. The summed E-state index contributed by atoms with van der Waals surface area (Å²) in [5, 5.41) is 4.21. The second-order valence-electron chi connectivity index (χ2n) is 2.41. The average molecular weight is 154 g/mol. The van der Waals surface area contributed by atoms with E-state index in [9.17, 15) is 0 Å². The largest absolute Gasteiger partial charge is 0.394 e. The number of hydrogen-bond acceptors (Lipinski definition) is 3. The van der Waals surface area contributed by atoms with E-state index in [4.69, 9.17) is 11.5 Å². The van der Waals surface area contributed by atoms with Crippen molar-refractivity contribution in [3.63, 3.8) is 0 Å². The molecule has 0 saturated carbocycles. The predicted octanol–water partition coefficient (Wildman–Crippen LogP) is 0.630. The Morgan fingerprint density at radius 2 is 2.00 bits per heavy atom. The highest BCUT2D eigenvalue weighted by Gasteiger charge is 2.08. The number of rotatable bonds is 2. The lowest BCUT2D eigenvalue weighted by Gasteiger charge is -1.96. The molecular weight excluding hydrogens is 140 g/mol. The van der Waals surface area contributed by atoms with Crippen LogP contribution in [-0.2, 0) is 13.0 Å². The molecule has 4 N–H and O–H groups in total. The minimum Gasteiger partial charge on any atom is -0.394 e. The number of hydrogen-bond donors (Lipinski definition) is 2. The van der Waals surface area contributed by atoms with Crippen LogP contribution >= 0.6 is 0 Å². The summed E-state index contributed by atoms with van der Waals surface area (Å²) in [4.78, 5) is 0. The second kappa shape index (κ2) is 2.82. The van der Waals surface area contributed by atoms with E-state index in [0.29, 0.717) is 11.5 Å². The zero-order valence-electron chi connectivity index (χ0n) is 6.96. The van der Waals surface area contributed by atoms with Gasteiger partial charge in [0, 0.05) is 6.54 Å². The molecule has 0 aromatic carbocycles. The van der Waals surface area contributed by atoms with Crippen molar-refractivity contribution in [3.8, 4) is 0 Å². The van der Waals surface area contributed by atoms with Gasteiger partial charge >= 0.3 is 0 Å². The van der Waals surface area contributed by atoms with Crippen LogP contribution < -0.4 is 11.5 Å². The van der Waals surface area contributed by atoms with E-state index >= 15 is 0 Å². The summed E-state index contributed by atoms with van der Waals surface area (Å²) in [6.45, 7) is 4.77. The smallest absolute Gasteiger partial charge is 0.145 e. The number of nitrogen functional groups attached to an aromatic ring is 2. The van der Waals surface area contributed by atoms with Gasteiger partial charge in [0.1, 0.15) is 5.82 Å². The number of nitrogens with two attached hydrogens (primary N) is 2. The lowest BCUT2D eigenvalue weighted by molar-refractivity contribution is 0.657. The van der Waals surface area contributed by atoms with Crippen LogP contribution in [0.15, 0.2) is 0 Å². The molecule has 4 heteroatoms. The van der Waals surface area contributed by atoms with Gasteiger partial charge in [-0.2, -0.15) is 5.10 Å². The van der Waals surface area contributed by atoms with Crippen LogP contribution in [0.25, 0.3) is 0 Å². The number of nitrogens with zero attached hydrogens (tertiary/aromatic N) is 2. The Morgan fingerprint density at radius 1 is 1.36 bits per heavy atom. The van der Waals surface area contributed by atoms with Crippen molar-refractivity contribution in [1.82, 2.24) is 9.78 Å². The monoisotopic (exact) mass is 154 g/mol. The number of aryl methyl sites for hydroxylation is 2. The van der Waals surface area contributed by atoms with Gasteiger partial charge in [0.25, 0.3) is 0 Å². The van der Waals surface area contributed by atoms with Gasteiger partial charge in [-0.25, -0.2) is 4.68 Å². The van der Waals surface area contributed by atoms with Gasteiger partial charge in [-0.05, 0) is 13.3 Å². The van der Waals surface area contributed by atoms with Crippen molar-refractivity contribution in [1.29, 1.82) is 0 Å². The summed E-state index contributed by atoms with van der Waals surface area (Å²) in [6.07, 6.45) is 0.836. The quantitative estimate of drug-likeness (QED) is 0.656. The standard InChI is InChI=1S/C7H14N4/c1-3-5-6(8)7(9)11(4-2)10-5/h3-4,8-9H2,1-2H3. The fourth-order valence-corrected chi connectivity index (χ4v) is 1.04. The molecule has 11 heavy (non-hydrogen) atoms. The zero-order chi connectivity index (χ0) is 8.43. The number of anilines is 2. The van der Waals surface area contributed by atoms with Crippen molar-refractivity contribution in [2.45, 2.75) is 26.8 Å². The van der Waals surface area contributed by atoms with E-state index in [0.717, 1.165) is 18.7 Å². The van der Waals surface area contributed by atoms with E-state index in [1.54, 1.807) is 4.68 Å². The molecule has 0 atom stereocenters. The van der Waals surface area contributed by atoms with E-state index in [-0.39, 0.29) is 0 Å². The summed E-state index contributed by atoms with van der Waals surface area (Å²) < 4.78 is 1.72. The molecular formula is C7H14N4. The fourth-order valence-electron chi connectivity index (χ4n) is 1.04. The van der Waals surface area contributed by atoms with Crippen LogP contribution in [0.1, 0.15) is 19.5 Å². The Bertz CT molecular complexity index is 227. The van der Waals surface area contributed by atoms with Gasteiger partial charge in [-0.1, -0.05) is 6.92 Å². The van der Waals surface area contributed by atoms with Crippen LogP contribution in [-0.4, -0.2) is 9.78 Å². The molecule has 1 rings (SSSR count). The molecule has 0 amide bonds. The fraction of sp³-hybridized carbons (Fsp3) is 0.571. The van der Waals surface area contributed by atoms with Crippen LogP contribution in [0.5, 0.6) is 0 Å². The summed E-state index contributed by atoms with van der Waals surface area (Å²) in [6, 6.07) is 0. The molecule has 1 heterocycles. The maximum Gasteiger partial charge on any atom is 0.145 e. The molecule has 0 saturated heterocycles. The maximum atomic E-state index is 5.68. The van der Waals surface area contributed by atoms with Crippen molar-refractivity contribution >= 4 is 11.5 Å². The first kappa shape index (κ1) is 7.91. The van der Waals surface area contributed by atoms with Crippen LogP contribution in [0.4, 0.5) is 11.5 Å². The van der Waals surface area contributed by atoms with Gasteiger partial charge in [0.05, 0.1) is 11.4 Å². The maximum absolute atomic E-state index is 5.68. The number of aromatic nitrogens is 2. The highest BCUT2D eigenvalue weighted by molar-refractivity contribution is 5.62. The molecule has 0 aliphatic heterocycles. The van der Waals surface area contributed by atoms with E-state index in [1.165, 1.54) is 0 Å². The summed E-state index contributed by atoms with van der Waals surface area (Å²) in [5.41, 5.74) is 12.9. The Balaban J connectivity index is 3.12. The molecule has 0 radical (unpaired) electrons. The normalized spacial score (nSPS) is 10.4. The Kier molecular flexibility index (Phi) is 2.03. The lowest BCUT2D eigenvalue weighted by Crippen LogP contribution is -2.02. The minimum atomic E-state index is 0.587. The van der Waals surface area contributed by atoms with Gasteiger partial charge < -0.3 is 11.5 Å². The third kappa shape index (κ3) is 1.15. The van der Waals surface area contributed by atoms with E-state index in [1.807, 2.05) is 13.8 Å². The van der Waals surface area contributed by atoms with Gasteiger partial charge in [-0.3, -0.25) is 0 Å². The third-order valence-electron chi connectivity index (χ3n) is 1.74. The SMILES string of the molecule is CCc1nn(CC)c(N)c1N. The molecule has 1 aromatic rings. The topological polar surface area (TPSA) is 69.9 Å². The highest BCUT2D eigenvalue weighted by atomic mass is 15.3. The van der Waals surface area contributed by atoms with Crippen LogP contribution in [0.3, 0.4) is 0 Å². The Hall–Kier alpha value is -1.19. The molecule has 0 fully saturated rings. The molecule has 0 spiro atoms. The van der Waals surface area contributed by atoms with Crippen molar-refractivity contribution in [2.75, 3.05) is 11.5 Å². The van der Waals surface area contributed by atoms with E-state index < -0.39 is 0 Å². The first-order valence-corrected chi connectivity index (χ1v) is 3.81. The van der Waals surface area contributed by atoms with Crippen molar-refractivity contribution in [3.05, 3.63) is 5.69 Å². The highest BCUT2D eigenvalue weighted by Crippen LogP contribution is 2.19. The van der Waals surface area contributed by atoms with Crippen molar-refractivity contribution in [2.24, 2.45) is 0 Å². The summed E-state index contributed by atoms with van der Waals surface area (Å²) >= 11 is 0. The Labute approximate surface area is 66.2 Å². The molecule has 1 aromatic heterocycles. The summed E-state index contributed by atoms with van der Waals surface area (Å²) in [5.74, 6) is 0.587. The molecule has 0 aliphatic rings. The third-order valence-corrected chi connectivity index (χ3v) is 1.74. The predicted molar refractivity (Wildman–Crippen MR) is 46.1 cm³/mol. The molecule has 0 aliphatic carbocycles. The van der Waals surface area contributed by atoms with Gasteiger partial charge in [-0.15, -0.1) is 0 Å².